The van der Waals surface area contributed by atoms with Gasteiger partial charge in [-0.3, -0.25) is 0 Å². The van der Waals surface area contributed by atoms with Crippen LogP contribution in [0.2, 0.25) is 0 Å². The molecule has 0 saturated heterocycles. The first-order valence-electron chi connectivity index (χ1n) is 6.05. The standard InChI is InChI=1S/C12H21BO3/c1-4-13(15)16-12(8-14)6-5-9-7-10(12)11(9,2)3/h4,9-10,14-15H,1,5-8H2,2-3H3/t9-,10+,12+/m0/s1. The summed E-state index contributed by atoms with van der Waals surface area (Å²) in [5.41, 5.74) is -0.340. The van der Waals surface area contributed by atoms with Crippen molar-refractivity contribution < 1.29 is 14.8 Å². The summed E-state index contributed by atoms with van der Waals surface area (Å²) in [6.45, 7) is 7.96. The predicted molar refractivity (Wildman–Crippen MR) is 63.7 cm³/mol. The minimum Gasteiger partial charge on any atom is -0.423 e. The molecule has 16 heavy (non-hydrogen) atoms. The lowest BCUT2D eigenvalue weighted by molar-refractivity contribution is -0.208. The van der Waals surface area contributed by atoms with Crippen molar-refractivity contribution >= 4 is 7.12 Å². The van der Waals surface area contributed by atoms with E-state index in [0.29, 0.717) is 5.92 Å². The SMILES string of the molecule is C=CB(O)O[C@@]1(CO)CC[C@H]2C[C@@H]1C2(C)C. The highest BCUT2D eigenvalue weighted by Crippen LogP contribution is 2.63. The quantitative estimate of drug-likeness (QED) is 0.709. The normalized spacial score (nSPS) is 40.0. The molecule has 3 aliphatic carbocycles. The van der Waals surface area contributed by atoms with Crippen LogP contribution >= 0.6 is 0 Å². The van der Waals surface area contributed by atoms with Gasteiger partial charge in [0.1, 0.15) is 0 Å². The van der Waals surface area contributed by atoms with Crippen LogP contribution in [0.15, 0.2) is 12.6 Å². The number of aliphatic hydroxyl groups is 1. The first-order valence-corrected chi connectivity index (χ1v) is 6.05. The Labute approximate surface area is 97.6 Å². The number of fused-ring (bicyclic) bond motifs is 2. The van der Waals surface area contributed by atoms with Gasteiger partial charge in [0.15, 0.2) is 0 Å². The summed E-state index contributed by atoms with van der Waals surface area (Å²) in [6.07, 6.45) is 3.03. The van der Waals surface area contributed by atoms with Crippen LogP contribution in [0.1, 0.15) is 33.1 Å². The van der Waals surface area contributed by atoms with E-state index in [4.69, 9.17) is 4.65 Å². The average Bonchev–Trinajstić information content (AvgIpc) is 2.28. The second-order valence-electron chi connectivity index (χ2n) is 5.81. The van der Waals surface area contributed by atoms with E-state index < -0.39 is 12.7 Å². The van der Waals surface area contributed by atoms with Gasteiger partial charge in [0.2, 0.25) is 0 Å². The lowest BCUT2D eigenvalue weighted by atomic mass is 9.44. The first kappa shape index (κ1) is 12.2. The van der Waals surface area contributed by atoms with Crippen LogP contribution in [0.5, 0.6) is 0 Å². The molecule has 3 nitrogen and oxygen atoms in total. The van der Waals surface area contributed by atoms with Crippen LogP contribution in [0.3, 0.4) is 0 Å². The molecule has 0 aliphatic heterocycles. The van der Waals surface area contributed by atoms with Gasteiger partial charge in [0.05, 0.1) is 12.2 Å². The summed E-state index contributed by atoms with van der Waals surface area (Å²) in [6, 6.07) is 0. The van der Waals surface area contributed by atoms with Crippen molar-refractivity contribution in [2.24, 2.45) is 17.3 Å². The molecule has 0 aromatic heterocycles. The highest BCUT2D eigenvalue weighted by atomic mass is 16.5. The lowest BCUT2D eigenvalue weighted by Gasteiger charge is -2.64. The molecule has 0 amide bonds. The second-order valence-corrected chi connectivity index (χ2v) is 5.81. The number of rotatable bonds is 4. The number of hydrogen-bond acceptors (Lipinski definition) is 3. The molecule has 3 aliphatic rings. The maximum atomic E-state index is 9.64. The van der Waals surface area contributed by atoms with Gasteiger partial charge in [-0.1, -0.05) is 19.8 Å². The van der Waals surface area contributed by atoms with Crippen LogP contribution < -0.4 is 0 Å². The van der Waals surface area contributed by atoms with E-state index >= 15 is 0 Å². The topological polar surface area (TPSA) is 49.7 Å². The molecule has 3 saturated carbocycles. The molecule has 4 heteroatoms. The molecule has 3 rings (SSSR count). The Morgan fingerprint density at radius 3 is 2.69 bits per heavy atom. The molecule has 0 aromatic carbocycles. The van der Waals surface area contributed by atoms with Crippen molar-refractivity contribution in [3.8, 4) is 0 Å². The van der Waals surface area contributed by atoms with Crippen molar-refractivity contribution in [2.45, 2.75) is 38.7 Å². The number of hydrogen-bond donors (Lipinski definition) is 2. The predicted octanol–water partition coefficient (Wildman–Crippen LogP) is 1.40. The molecular weight excluding hydrogens is 203 g/mol. The van der Waals surface area contributed by atoms with E-state index in [-0.39, 0.29) is 12.0 Å². The molecule has 0 unspecified atom stereocenters. The Bertz CT molecular complexity index is 290. The minimum atomic E-state index is -0.972. The highest BCUT2D eigenvalue weighted by molar-refractivity contribution is 6.49. The van der Waals surface area contributed by atoms with Crippen molar-refractivity contribution in [3.63, 3.8) is 0 Å². The zero-order chi connectivity index (χ0) is 12.0. The van der Waals surface area contributed by atoms with Crippen LogP contribution in [-0.4, -0.2) is 29.5 Å². The van der Waals surface area contributed by atoms with Gasteiger partial charge in [-0.2, -0.15) is 0 Å². The second kappa shape index (κ2) is 3.86. The lowest BCUT2D eigenvalue weighted by Crippen LogP contribution is -2.65. The first-order chi connectivity index (χ1) is 7.46. The van der Waals surface area contributed by atoms with Gasteiger partial charge in [-0.15, -0.1) is 6.58 Å². The van der Waals surface area contributed by atoms with Crippen molar-refractivity contribution in [2.75, 3.05) is 6.61 Å². The van der Waals surface area contributed by atoms with Crippen molar-refractivity contribution in [3.05, 3.63) is 12.6 Å². The average molecular weight is 224 g/mol. The maximum absolute atomic E-state index is 9.64. The summed E-state index contributed by atoms with van der Waals surface area (Å²) in [5.74, 6) is 2.47. The molecule has 0 spiro atoms. The van der Waals surface area contributed by atoms with Crippen molar-refractivity contribution in [1.82, 2.24) is 0 Å². The molecular formula is C12H21BO3. The molecule has 2 N–H and O–H groups in total. The van der Waals surface area contributed by atoms with Crippen LogP contribution in [0.25, 0.3) is 0 Å². The fraction of sp³-hybridized carbons (Fsp3) is 0.833. The Hall–Kier alpha value is -0.315. The van der Waals surface area contributed by atoms with Gasteiger partial charge in [0, 0.05) is 0 Å². The minimum absolute atomic E-state index is 0.0152. The number of aliphatic hydroxyl groups excluding tert-OH is 1. The molecule has 3 fully saturated rings. The third-order valence-electron chi connectivity index (χ3n) is 4.85. The van der Waals surface area contributed by atoms with E-state index in [1.54, 1.807) is 0 Å². The summed E-state index contributed by atoms with van der Waals surface area (Å²) < 4.78 is 5.65. The van der Waals surface area contributed by atoms with E-state index in [0.717, 1.165) is 25.2 Å². The van der Waals surface area contributed by atoms with Crippen LogP contribution in [0, 0.1) is 17.3 Å². The molecule has 2 bridgehead atoms. The molecule has 0 radical (unpaired) electrons. The smallest absolute Gasteiger partial charge is 0.423 e. The molecule has 0 aromatic rings. The highest BCUT2D eigenvalue weighted by Gasteiger charge is 2.61. The maximum Gasteiger partial charge on any atom is 0.483 e. The summed E-state index contributed by atoms with van der Waals surface area (Å²) in [7, 11) is -0.972. The van der Waals surface area contributed by atoms with E-state index in [1.165, 1.54) is 5.98 Å². The van der Waals surface area contributed by atoms with E-state index in [2.05, 4.69) is 20.4 Å². The fourth-order valence-electron chi connectivity index (χ4n) is 3.65. The Morgan fingerprint density at radius 2 is 2.25 bits per heavy atom. The van der Waals surface area contributed by atoms with Gasteiger partial charge in [0.25, 0.3) is 0 Å². The van der Waals surface area contributed by atoms with E-state index in [1.807, 2.05) is 0 Å². The summed E-state index contributed by atoms with van der Waals surface area (Å²) >= 11 is 0. The molecule has 3 atom stereocenters. The molecule has 90 valence electrons. The largest absolute Gasteiger partial charge is 0.483 e. The zero-order valence-electron chi connectivity index (χ0n) is 10.1. The van der Waals surface area contributed by atoms with Gasteiger partial charge >= 0.3 is 7.12 Å². The van der Waals surface area contributed by atoms with E-state index in [9.17, 15) is 10.1 Å². The Kier molecular flexibility index (Phi) is 2.93. The Balaban J connectivity index is 2.17. The monoisotopic (exact) mass is 224 g/mol. The van der Waals surface area contributed by atoms with Gasteiger partial charge < -0.3 is 14.8 Å². The van der Waals surface area contributed by atoms with Crippen molar-refractivity contribution in [1.29, 1.82) is 0 Å². The fourth-order valence-corrected chi connectivity index (χ4v) is 3.65. The van der Waals surface area contributed by atoms with Gasteiger partial charge in [-0.25, -0.2) is 0 Å². The summed E-state index contributed by atoms with van der Waals surface area (Å²) in [5, 5.41) is 19.2. The molecule has 0 heterocycles. The van der Waals surface area contributed by atoms with Crippen LogP contribution in [-0.2, 0) is 4.65 Å². The third-order valence-corrected chi connectivity index (χ3v) is 4.85. The zero-order valence-corrected chi connectivity index (χ0v) is 10.1. The van der Waals surface area contributed by atoms with Crippen LogP contribution in [0.4, 0.5) is 0 Å². The third kappa shape index (κ3) is 1.55. The summed E-state index contributed by atoms with van der Waals surface area (Å²) in [4.78, 5) is 0. The van der Waals surface area contributed by atoms with Gasteiger partial charge in [-0.05, 0) is 36.5 Å². The Morgan fingerprint density at radius 1 is 1.56 bits per heavy atom.